The van der Waals surface area contributed by atoms with E-state index >= 15 is 0 Å². The molecule has 50 heavy (non-hydrogen) atoms. The Labute approximate surface area is 293 Å². The number of benzene rings is 1. The highest BCUT2D eigenvalue weighted by Crippen LogP contribution is 2.39. The van der Waals surface area contributed by atoms with Gasteiger partial charge in [-0.2, -0.15) is 10.2 Å². The number of piperidine rings is 1. The number of hydrogen-bond acceptors (Lipinski definition) is 8. The number of hydrogen-bond donors (Lipinski definition) is 2. The number of fused-ring (bicyclic) bond motifs is 2. The number of likely N-dealkylation sites (N-methyl/N-ethyl adjacent to an activating group) is 1. The van der Waals surface area contributed by atoms with E-state index in [-0.39, 0.29) is 23.6 Å². The molecule has 1 aliphatic heterocycles. The molecule has 13 nitrogen and oxygen atoms in total. The van der Waals surface area contributed by atoms with E-state index < -0.39 is 0 Å². The molecule has 1 aliphatic carbocycles. The van der Waals surface area contributed by atoms with Crippen LogP contribution < -0.4 is 20.3 Å². The zero-order valence-corrected chi connectivity index (χ0v) is 30.0. The Morgan fingerprint density at radius 3 is 2.62 bits per heavy atom. The molecule has 4 aromatic heterocycles. The number of urea groups is 1. The van der Waals surface area contributed by atoms with Gasteiger partial charge in [0.1, 0.15) is 23.4 Å². The maximum absolute atomic E-state index is 13.6. The van der Waals surface area contributed by atoms with Gasteiger partial charge in [0.2, 0.25) is 5.95 Å². The summed E-state index contributed by atoms with van der Waals surface area (Å²) in [7, 11) is 4.08. The van der Waals surface area contributed by atoms with Crippen molar-refractivity contribution in [3.8, 4) is 11.4 Å². The summed E-state index contributed by atoms with van der Waals surface area (Å²) in [6.07, 6.45) is 10.6. The number of aromatic nitrogens is 7. The molecule has 5 aromatic rings. The summed E-state index contributed by atoms with van der Waals surface area (Å²) in [6.45, 7) is 11.2. The highest BCUT2D eigenvalue weighted by molar-refractivity contribution is 5.89. The fourth-order valence-corrected chi connectivity index (χ4v) is 6.94. The zero-order chi connectivity index (χ0) is 35.0. The third kappa shape index (κ3) is 7.05. The number of amides is 2. The first-order valence-corrected chi connectivity index (χ1v) is 17.8. The first-order valence-electron chi connectivity index (χ1n) is 17.8. The predicted molar refractivity (Wildman–Crippen MR) is 194 cm³/mol. The maximum Gasteiger partial charge on any atom is 0.320 e. The van der Waals surface area contributed by atoms with Crippen LogP contribution in [0, 0.1) is 0 Å². The van der Waals surface area contributed by atoms with Crippen molar-refractivity contribution in [3.05, 3.63) is 77.9 Å². The van der Waals surface area contributed by atoms with Crippen LogP contribution in [0.4, 0.5) is 16.6 Å². The summed E-state index contributed by atoms with van der Waals surface area (Å²) < 4.78 is 12.4. The molecular formula is C37H49N11O2. The van der Waals surface area contributed by atoms with Crippen LogP contribution in [0.2, 0.25) is 0 Å². The fourth-order valence-electron chi connectivity index (χ4n) is 6.94. The summed E-state index contributed by atoms with van der Waals surface area (Å²) >= 11 is 0. The van der Waals surface area contributed by atoms with E-state index in [9.17, 15) is 4.79 Å². The molecule has 2 aliphatic rings. The van der Waals surface area contributed by atoms with Gasteiger partial charge in [-0.3, -0.25) is 14.4 Å². The lowest BCUT2D eigenvalue weighted by Gasteiger charge is -2.33. The normalized spacial score (nSPS) is 19.5. The summed E-state index contributed by atoms with van der Waals surface area (Å²) in [5.41, 5.74) is 4.39. The van der Waals surface area contributed by atoms with E-state index in [0.717, 1.165) is 85.2 Å². The molecule has 1 aromatic carbocycles. The first kappa shape index (κ1) is 33.6. The fraction of sp³-hybridized carbons (Fsp3) is 0.486. The van der Waals surface area contributed by atoms with E-state index in [1.807, 2.05) is 65.9 Å². The van der Waals surface area contributed by atoms with E-state index in [1.54, 1.807) is 10.9 Å². The summed E-state index contributed by atoms with van der Waals surface area (Å²) in [4.78, 5) is 18.1. The Balaban J connectivity index is 1.07. The highest BCUT2D eigenvalue weighted by Gasteiger charge is 2.31. The summed E-state index contributed by atoms with van der Waals surface area (Å²) in [5.74, 6) is 2.22. The van der Waals surface area contributed by atoms with E-state index in [2.05, 4.69) is 75.6 Å². The second-order valence-corrected chi connectivity index (χ2v) is 14.9. The van der Waals surface area contributed by atoms with Crippen LogP contribution >= 0.6 is 0 Å². The highest BCUT2D eigenvalue weighted by atomic mass is 16.5. The molecule has 3 atom stereocenters. The van der Waals surface area contributed by atoms with E-state index in [0.29, 0.717) is 11.9 Å². The topological polar surface area (TPSA) is 123 Å². The molecule has 2 amide bonds. The average Bonchev–Trinajstić information content (AvgIpc) is 3.84. The SMILES string of the molecule is C[C@@H]1CCCCN1c1nnc2ccc(O[C@@H]3CC[C@H](NC(=O)Nc4cc(C(C)(C)C)nn4-c4cnn(CCN(C)C)c4)c4ccccc43)cn12. The Morgan fingerprint density at radius 2 is 1.84 bits per heavy atom. The number of nitrogens with zero attached hydrogens (tertiary/aromatic N) is 9. The van der Waals surface area contributed by atoms with Crippen molar-refractivity contribution in [1.82, 2.24) is 44.4 Å². The van der Waals surface area contributed by atoms with Crippen LogP contribution in [0.15, 0.2) is 61.1 Å². The van der Waals surface area contributed by atoms with E-state index in [1.165, 1.54) is 6.42 Å². The monoisotopic (exact) mass is 679 g/mol. The van der Waals surface area contributed by atoms with Crippen molar-refractivity contribution < 1.29 is 9.53 Å². The molecule has 13 heteroatoms. The predicted octanol–water partition coefficient (Wildman–Crippen LogP) is 6.13. The largest absolute Gasteiger partial charge is 0.484 e. The average molecular weight is 680 g/mol. The minimum Gasteiger partial charge on any atom is -0.484 e. The Bertz CT molecular complexity index is 1950. The van der Waals surface area contributed by atoms with Gasteiger partial charge in [-0.25, -0.2) is 9.48 Å². The molecule has 1 fully saturated rings. The van der Waals surface area contributed by atoms with E-state index in [4.69, 9.17) is 9.84 Å². The molecule has 0 spiro atoms. The standard InChI is InChI=1S/C37H49N11O2/c1-25-11-9-10-18-46(25)36-42-41-33-17-14-27(24-47(33)36)50-31-16-15-30(28-12-7-8-13-29(28)31)39-35(49)40-34-21-32(37(2,3)4)43-48(34)26-22-38-45(23-26)20-19-44(5)6/h7-8,12-14,17,21-25,30-31H,9-11,15-16,18-20H2,1-6H3,(H2,39,40,49)/t25-,30+,31-/m1/s1. The lowest BCUT2D eigenvalue weighted by Crippen LogP contribution is -2.38. The second kappa shape index (κ2) is 13.8. The molecule has 0 unspecified atom stereocenters. The lowest BCUT2D eigenvalue weighted by atomic mass is 9.85. The lowest BCUT2D eigenvalue weighted by molar-refractivity contribution is 0.171. The molecule has 1 saturated heterocycles. The van der Waals surface area contributed by atoms with Crippen LogP contribution in [-0.4, -0.2) is 78.3 Å². The summed E-state index contributed by atoms with van der Waals surface area (Å²) in [6, 6.07) is 14.1. The van der Waals surface area contributed by atoms with Gasteiger partial charge in [0.15, 0.2) is 5.65 Å². The number of rotatable bonds is 9. The number of carbonyl (C=O) groups excluding carboxylic acids is 1. The number of nitrogens with one attached hydrogen (secondary N) is 2. The molecule has 0 bridgehead atoms. The number of carbonyl (C=O) groups is 1. The molecule has 7 rings (SSSR count). The van der Waals surface area contributed by atoms with Crippen molar-refractivity contribution in [2.75, 3.05) is 37.4 Å². The zero-order valence-electron chi connectivity index (χ0n) is 30.0. The van der Waals surface area contributed by atoms with Crippen LogP contribution in [0.25, 0.3) is 11.3 Å². The Hall–Kier alpha value is -4.91. The maximum atomic E-state index is 13.6. The van der Waals surface area contributed by atoms with Crippen LogP contribution in [-0.2, 0) is 12.0 Å². The molecule has 5 heterocycles. The smallest absolute Gasteiger partial charge is 0.320 e. The van der Waals surface area contributed by atoms with Gasteiger partial charge in [0, 0.05) is 30.6 Å². The molecule has 2 N–H and O–H groups in total. The second-order valence-electron chi connectivity index (χ2n) is 14.9. The molecule has 0 saturated carbocycles. The van der Waals surface area contributed by atoms with Crippen molar-refractivity contribution in [2.24, 2.45) is 0 Å². The van der Waals surface area contributed by atoms with Crippen molar-refractivity contribution >= 4 is 23.4 Å². The number of pyridine rings is 1. The van der Waals surface area contributed by atoms with Gasteiger partial charge >= 0.3 is 6.03 Å². The van der Waals surface area contributed by atoms with Gasteiger partial charge < -0.3 is 19.9 Å². The minimum atomic E-state index is -0.289. The number of ether oxygens (including phenoxy) is 1. The first-order chi connectivity index (χ1) is 24.0. The Kier molecular flexibility index (Phi) is 9.25. The van der Waals surface area contributed by atoms with Crippen LogP contribution in [0.3, 0.4) is 0 Å². The third-order valence-corrected chi connectivity index (χ3v) is 9.80. The minimum absolute atomic E-state index is 0.154. The van der Waals surface area contributed by atoms with Crippen molar-refractivity contribution in [1.29, 1.82) is 0 Å². The van der Waals surface area contributed by atoms with Gasteiger partial charge in [0.05, 0.1) is 36.9 Å². The number of anilines is 2. The van der Waals surface area contributed by atoms with Crippen molar-refractivity contribution in [3.63, 3.8) is 0 Å². The molecule has 264 valence electrons. The third-order valence-electron chi connectivity index (χ3n) is 9.80. The van der Waals surface area contributed by atoms with Crippen molar-refractivity contribution in [2.45, 2.75) is 89.9 Å². The van der Waals surface area contributed by atoms with Gasteiger partial charge in [-0.15, -0.1) is 10.2 Å². The van der Waals surface area contributed by atoms with Gasteiger partial charge in [-0.1, -0.05) is 45.0 Å². The van der Waals surface area contributed by atoms with Gasteiger partial charge in [-0.05, 0) is 76.4 Å². The van der Waals surface area contributed by atoms with Gasteiger partial charge in [0.25, 0.3) is 0 Å². The quantitative estimate of drug-likeness (QED) is 0.191. The molecule has 0 radical (unpaired) electrons. The summed E-state index contributed by atoms with van der Waals surface area (Å²) in [5, 5.41) is 24.7. The van der Waals surface area contributed by atoms with Crippen LogP contribution in [0.5, 0.6) is 5.75 Å². The molecular weight excluding hydrogens is 630 g/mol. The Morgan fingerprint density at radius 1 is 1.02 bits per heavy atom. The van der Waals surface area contributed by atoms with Crippen LogP contribution in [0.1, 0.15) is 88.8 Å².